The molecule has 1 aliphatic carbocycles. The summed E-state index contributed by atoms with van der Waals surface area (Å²) < 4.78 is 5.08. The van der Waals surface area contributed by atoms with E-state index in [-0.39, 0.29) is 29.4 Å². The van der Waals surface area contributed by atoms with Gasteiger partial charge >= 0.3 is 0 Å². The van der Waals surface area contributed by atoms with Crippen molar-refractivity contribution in [2.24, 2.45) is 5.92 Å². The maximum Gasteiger partial charge on any atom is 0.291 e. The van der Waals surface area contributed by atoms with Crippen LogP contribution in [0.25, 0.3) is 0 Å². The molecule has 3 amide bonds. The number of furan rings is 1. The first-order chi connectivity index (χ1) is 14.4. The van der Waals surface area contributed by atoms with E-state index in [4.69, 9.17) is 4.42 Å². The lowest BCUT2D eigenvalue weighted by molar-refractivity contribution is -0.117. The van der Waals surface area contributed by atoms with Gasteiger partial charge in [-0.05, 0) is 68.1 Å². The van der Waals surface area contributed by atoms with Gasteiger partial charge in [0.2, 0.25) is 5.91 Å². The van der Waals surface area contributed by atoms with Gasteiger partial charge in [0.1, 0.15) is 0 Å². The molecule has 0 radical (unpaired) electrons. The van der Waals surface area contributed by atoms with E-state index in [0.717, 1.165) is 24.0 Å². The summed E-state index contributed by atoms with van der Waals surface area (Å²) in [7, 11) is 0. The van der Waals surface area contributed by atoms with Crippen LogP contribution in [0.15, 0.2) is 47.1 Å². The highest BCUT2D eigenvalue weighted by Gasteiger charge is 2.29. The molecule has 3 aromatic rings. The Balaban J connectivity index is 1.46. The first-order valence-corrected chi connectivity index (χ1v) is 10.4. The Labute approximate surface area is 177 Å². The minimum Gasteiger partial charge on any atom is -0.459 e. The van der Waals surface area contributed by atoms with Crippen LogP contribution in [0.1, 0.15) is 44.2 Å². The molecule has 3 N–H and O–H groups in total. The molecule has 4 rings (SSSR count). The van der Waals surface area contributed by atoms with Gasteiger partial charge < -0.3 is 20.4 Å². The zero-order chi connectivity index (χ0) is 21.3. The Bertz CT molecular complexity index is 1110. The van der Waals surface area contributed by atoms with Gasteiger partial charge in [-0.1, -0.05) is 6.07 Å². The van der Waals surface area contributed by atoms with E-state index in [9.17, 15) is 14.4 Å². The topological polar surface area (TPSA) is 100 Å². The van der Waals surface area contributed by atoms with Crippen LogP contribution in [0.4, 0.5) is 16.4 Å². The molecule has 0 saturated heterocycles. The monoisotopic (exact) mass is 423 g/mol. The first kappa shape index (κ1) is 19.9. The van der Waals surface area contributed by atoms with Crippen molar-refractivity contribution in [2.75, 3.05) is 16.0 Å². The van der Waals surface area contributed by atoms with Crippen molar-refractivity contribution in [1.29, 1.82) is 0 Å². The van der Waals surface area contributed by atoms with Crippen LogP contribution in [0.2, 0.25) is 0 Å². The lowest BCUT2D eigenvalue weighted by atomic mass is 10.1. The Morgan fingerprint density at radius 2 is 1.77 bits per heavy atom. The van der Waals surface area contributed by atoms with Crippen molar-refractivity contribution in [3.63, 3.8) is 0 Å². The molecule has 30 heavy (non-hydrogen) atoms. The van der Waals surface area contributed by atoms with E-state index < -0.39 is 0 Å². The Kier molecular flexibility index (Phi) is 5.41. The second-order valence-corrected chi connectivity index (χ2v) is 8.35. The van der Waals surface area contributed by atoms with Gasteiger partial charge in [-0.2, -0.15) is 0 Å². The molecule has 154 valence electrons. The highest BCUT2D eigenvalue weighted by atomic mass is 32.1. The van der Waals surface area contributed by atoms with Crippen LogP contribution in [0.5, 0.6) is 0 Å². The summed E-state index contributed by atoms with van der Waals surface area (Å²) in [5, 5.41) is 9.10. The number of carbonyl (C=O) groups excluding carboxylic acids is 3. The number of nitrogens with one attached hydrogen (secondary N) is 3. The number of benzene rings is 1. The maximum atomic E-state index is 12.8. The van der Waals surface area contributed by atoms with Crippen molar-refractivity contribution in [1.82, 2.24) is 0 Å². The maximum absolute atomic E-state index is 12.8. The van der Waals surface area contributed by atoms with E-state index in [1.807, 2.05) is 26.0 Å². The molecular formula is C22H21N3O4S. The van der Waals surface area contributed by atoms with Gasteiger partial charge in [0, 0.05) is 17.3 Å². The highest BCUT2D eigenvalue weighted by Crippen LogP contribution is 2.31. The van der Waals surface area contributed by atoms with E-state index in [0.29, 0.717) is 21.3 Å². The molecule has 0 aliphatic heterocycles. The molecule has 1 saturated carbocycles. The van der Waals surface area contributed by atoms with Crippen LogP contribution in [0.3, 0.4) is 0 Å². The van der Waals surface area contributed by atoms with E-state index >= 15 is 0 Å². The Morgan fingerprint density at radius 1 is 0.967 bits per heavy atom. The summed E-state index contributed by atoms with van der Waals surface area (Å²) in [6, 6.07) is 10.4. The summed E-state index contributed by atoms with van der Waals surface area (Å²) >= 11 is 1.19. The lowest BCUT2D eigenvalue weighted by Gasteiger charge is -2.11. The summed E-state index contributed by atoms with van der Waals surface area (Å²) in [4.78, 5) is 37.5. The molecule has 1 aromatic carbocycles. The largest absolute Gasteiger partial charge is 0.459 e. The van der Waals surface area contributed by atoms with Gasteiger partial charge in [-0.15, -0.1) is 11.3 Å². The predicted molar refractivity (Wildman–Crippen MR) is 116 cm³/mol. The summed E-state index contributed by atoms with van der Waals surface area (Å²) in [5.74, 6) is -0.323. The number of carbonyl (C=O) groups is 3. The Hall–Kier alpha value is -3.39. The standard InChI is InChI=1S/C22H21N3O4S/c1-12-5-8-15(23-20(26)14-6-7-14)11-16(12)24-22(28)19-13(2)10-18(30-19)25-21(27)17-4-3-9-29-17/h3-5,8-11,14H,6-7H2,1-2H3,(H,23,26)(H,24,28)(H,25,27). The molecule has 0 atom stereocenters. The fraction of sp³-hybridized carbons (Fsp3) is 0.227. The average Bonchev–Trinajstić information content (AvgIpc) is 3.28. The minimum atomic E-state index is -0.372. The normalized spacial score (nSPS) is 13.0. The van der Waals surface area contributed by atoms with Crippen LogP contribution < -0.4 is 16.0 Å². The van der Waals surface area contributed by atoms with Crippen molar-refractivity contribution in [3.8, 4) is 0 Å². The van der Waals surface area contributed by atoms with Crippen molar-refractivity contribution in [3.05, 3.63) is 64.4 Å². The number of amides is 3. The van der Waals surface area contributed by atoms with Gasteiger partial charge in [-0.3, -0.25) is 14.4 Å². The van der Waals surface area contributed by atoms with Gasteiger partial charge in [-0.25, -0.2) is 0 Å². The quantitative estimate of drug-likeness (QED) is 0.530. The molecule has 1 aliphatic rings. The molecule has 2 heterocycles. The van der Waals surface area contributed by atoms with Crippen LogP contribution in [-0.2, 0) is 4.79 Å². The first-order valence-electron chi connectivity index (χ1n) is 9.59. The van der Waals surface area contributed by atoms with E-state index in [1.54, 1.807) is 24.3 Å². The third kappa shape index (κ3) is 4.44. The van der Waals surface area contributed by atoms with Crippen LogP contribution in [-0.4, -0.2) is 17.7 Å². The van der Waals surface area contributed by atoms with Crippen molar-refractivity contribution in [2.45, 2.75) is 26.7 Å². The summed E-state index contributed by atoms with van der Waals surface area (Å²) in [6.45, 7) is 3.70. The fourth-order valence-corrected chi connectivity index (χ4v) is 3.92. The molecule has 0 unspecified atom stereocenters. The third-order valence-corrected chi connectivity index (χ3v) is 5.96. The molecule has 0 spiro atoms. The van der Waals surface area contributed by atoms with E-state index in [2.05, 4.69) is 16.0 Å². The second-order valence-electron chi connectivity index (χ2n) is 7.30. The second kappa shape index (κ2) is 8.16. The average molecular weight is 423 g/mol. The zero-order valence-electron chi connectivity index (χ0n) is 16.6. The summed E-state index contributed by atoms with van der Waals surface area (Å²) in [6.07, 6.45) is 3.28. The molecular weight excluding hydrogens is 402 g/mol. The number of thiophene rings is 1. The number of anilines is 3. The molecule has 0 bridgehead atoms. The van der Waals surface area contributed by atoms with Gasteiger partial charge in [0.25, 0.3) is 11.8 Å². The number of hydrogen-bond donors (Lipinski definition) is 3. The Morgan fingerprint density at radius 3 is 2.47 bits per heavy atom. The van der Waals surface area contributed by atoms with Crippen molar-refractivity contribution < 1.29 is 18.8 Å². The molecule has 7 nitrogen and oxygen atoms in total. The lowest BCUT2D eigenvalue weighted by Crippen LogP contribution is -2.15. The van der Waals surface area contributed by atoms with E-state index in [1.165, 1.54) is 17.6 Å². The molecule has 2 aromatic heterocycles. The van der Waals surface area contributed by atoms with Gasteiger partial charge in [0.05, 0.1) is 16.1 Å². The van der Waals surface area contributed by atoms with Gasteiger partial charge in [0.15, 0.2) is 5.76 Å². The molecule has 8 heteroatoms. The number of hydrogen-bond acceptors (Lipinski definition) is 5. The molecule has 1 fully saturated rings. The highest BCUT2D eigenvalue weighted by molar-refractivity contribution is 7.18. The van der Waals surface area contributed by atoms with Crippen LogP contribution >= 0.6 is 11.3 Å². The third-order valence-electron chi connectivity index (χ3n) is 4.81. The number of aryl methyl sites for hydroxylation is 2. The van der Waals surface area contributed by atoms with Crippen molar-refractivity contribution >= 4 is 45.4 Å². The summed E-state index contributed by atoms with van der Waals surface area (Å²) in [5.41, 5.74) is 2.92. The predicted octanol–water partition coefficient (Wildman–Crippen LogP) is 4.81. The smallest absolute Gasteiger partial charge is 0.291 e. The SMILES string of the molecule is Cc1ccc(NC(=O)C2CC2)cc1NC(=O)c1sc(NC(=O)c2ccco2)cc1C. The minimum absolute atomic E-state index is 0.0159. The number of rotatable bonds is 6. The zero-order valence-corrected chi connectivity index (χ0v) is 17.4. The van der Waals surface area contributed by atoms with Crippen LogP contribution in [0, 0.1) is 19.8 Å². The fourth-order valence-electron chi connectivity index (χ4n) is 2.95.